The van der Waals surface area contributed by atoms with Gasteiger partial charge in [0.2, 0.25) is 0 Å². The van der Waals surface area contributed by atoms with Gasteiger partial charge >= 0.3 is 0 Å². The molecule has 7 nitrogen and oxygen atoms in total. The van der Waals surface area contributed by atoms with Crippen molar-refractivity contribution in [3.05, 3.63) is 53.6 Å². The lowest BCUT2D eigenvalue weighted by Gasteiger charge is -2.16. The fourth-order valence-electron chi connectivity index (χ4n) is 2.99. The highest BCUT2D eigenvalue weighted by molar-refractivity contribution is 5.85. The van der Waals surface area contributed by atoms with E-state index in [1.165, 1.54) is 6.08 Å². The van der Waals surface area contributed by atoms with Crippen molar-refractivity contribution >= 4 is 18.0 Å². The summed E-state index contributed by atoms with van der Waals surface area (Å²) >= 11 is 0. The first-order valence-corrected chi connectivity index (χ1v) is 9.99. The highest BCUT2D eigenvalue weighted by Gasteiger charge is 2.11. The minimum absolute atomic E-state index is 0. The summed E-state index contributed by atoms with van der Waals surface area (Å²) in [7, 11) is 4.78. The Morgan fingerprint density at radius 3 is 2.34 bits per heavy atom. The number of rotatable bonds is 12. The summed E-state index contributed by atoms with van der Waals surface area (Å²) in [5.74, 6) is 2.50. The zero-order valence-electron chi connectivity index (χ0n) is 18.9. The molecule has 0 radical (unpaired) electrons. The summed E-state index contributed by atoms with van der Waals surface area (Å²) < 4.78 is 21.7. The summed E-state index contributed by atoms with van der Waals surface area (Å²) in [6.07, 6.45) is 1.60. The van der Waals surface area contributed by atoms with Crippen molar-refractivity contribution in [1.82, 2.24) is 5.32 Å². The van der Waals surface area contributed by atoms with Crippen LogP contribution in [0.4, 0.5) is 0 Å². The Labute approximate surface area is 196 Å². The summed E-state index contributed by atoms with van der Waals surface area (Å²) in [5, 5.41) is 22.3. The van der Waals surface area contributed by atoms with E-state index in [-0.39, 0.29) is 19.0 Å². The molecule has 0 spiro atoms. The van der Waals surface area contributed by atoms with Crippen molar-refractivity contribution in [2.75, 3.05) is 41.0 Å². The summed E-state index contributed by atoms with van der Waals surface area (Å²) in [5.41, 5.74) is 2.83. The molecule has 2 aromatic carbocycles. The van der Waals surface area contributed by atoms with Crippen molar-refractivity contribution in [2.24, 2.45) is 0 Å². The van der Waals surface area contributed by atoms with Gasteiger partial charge in [0.05, 0.1) is 27.4 Å². The molecule has 8 heteroatoms. The van der Waals surface area contributed by atoms with E-state index in [0.29, 0.717) is 36.1 Å². The largest absolute Gasteiger partial charge is 0.493 e. The van der Waals surface area contributed by atoms with Crippen molar-refractivity contribution in [3.8, 4) is 29.1 Å². The number of allylic oxidation sites excluding steroid dienone is 2. The van der Waals surface area contributed by atoms with Crippen LogP contribution in [-0.2, 0) is 6.42 Å². The van der Waals surface area contributed by atoms with Crippen LogP contribution in [0.1, 0.15) is 18.1 Å². The monoisotopic (exact) mass is 462 g/mol. The topological polar surface area (TPSA) is 93.0 Å². The summed E-state index contributed by atoms with van der Waals surface area (Å²) in [6.45, 7) is 3.09. The van der Waals surface area contributed by atoms with Gasteiger partial charge in [-0.2, -0.15) is 5.26 Å². The fraction of sp³-hybridized carbons (Fsp3) is 0.375. The maximum absolute atomic E-state index is 10.2. The molecule has 1 unspecified atom stereocenters. The molecule has 0 fully saturated rings. The van der Waals surface area contributed by atoms with Gasteiger partial charge in [0.15, 0.2) is 23.0 Å². The van der Waals surface area contributed by atoms with Gasteiger partial charge in [0.25, 0.3) is 0 Å². The second kappa shape index (κ2) is 14.2. The molecular formula is C24H31ClN2O5. The first-order valence-electron chi connectivity index (χ1n) is 9.99. The van der Waals surface area contributed by atoms with E-state index >= 15 is 0 Å². The van der Waals surface area contributed by atoms with E-state index in [0.717, 1.165) is 23.1 Å². The number of aliphatic hydroxyl groups is 1. The molecule has 174 valence electrons. The average Bonchev–Trinajstić information content (AvgIpc) is 2.80. The normalized spacial score (nSPS) is 11.7. The molecule has 0 aromatic heterocycles. The molecule has 2 aromatic rings. The molecule has 0 bridgehead atoms. The number of hydrogen-bond acceptors (Lipinski definition) is 7. The van der Waals surface area contributed by atoms with Crippen LogP contribution in [-0.4, -0.2) is 52.2 Å². The maximum atomic E-state index is 10.2. The van der Waals surface area contributed by atoms with E-state index in [1.807, 2.05) is 43.3 Å². The molecule has 2 rings (SSSR count). The van der Waals surface area contributed by atoms with Crippen molar-refractivity contribution in [2.45, 2.75) is 19.4 Å². The molecule has 32 heavy (non-hydrogen) atoms. The Hall–Kier alpha value is -2.92. The number of nitrogens with zero attached hydrogens (tertiary/aromatic N) is 1. The van der Waals surface area contributed by atoms with E-state index in [2.05, 4.69) is 5.32 Å². The Kier molecular flexibility index (Phi) is 12.0. The van der Waals surface area contributed by atoms with Crippen LogP contribution in [0.25, 0.3) is 5.57 Å². The highest BCUT2D eigenvalue weighted by atomic mass is 35.5. The summed E-state index contributed by atoms with van der Waals surface area (Å²) in [4.78, 5) is 0. The van der Waals surface area contributed by atoms with Gasteiger partial charge < -0.3 is 29.4 Å². The molecule has 0 aliphatic rings. The maximum Gasteiger partial charge on any atom is 0.161 e. The fourth-order valence-corrected chi connectivity index (χ4v) is 2.99. The second-order valence-corrected chi connectivity index (χ2v) is 6.93. The third-order valence-electron chi connectivity index (χ3n) is 4.75. The van der Waals surface area contributed by atoms with E-state index < -0.39 is 6.10 Å². The van der Waals surface area contributed by atoms with Crippen molar-refractivity contribution in [1.29, 1.82) is 5.26 Å². The van der Waals surface area contributed by atoms with Crippen LogP contribution in [0.15, 0.2) is 42.5 Å². The van der Waals surface area contributed by atoms with E-state index in [4.69, 9.17) is 24.2 Å². The minimum atomic E-state index is -0.671. The van der Waals surface area contributed by atoms with Gasteiger partial charge in [0, 0.05) is 12.6 Å². The molecule has 0 saturated heterocycles. The number of benzene rings is 2. The Morgan fingerprint density at radius 2 is 1.69 bits per heavy atom. The second-order valence-electron chi connectivity index (χ2n) is 6.93. The lowest BCUT2D eigenvalue weighted by Crippen LogP contribution is -2.32. The first kappa shape index (κ1) is 27.1. The lowest BCUT2D eigenvalue weighted by atomic mass is 10.1. The smallest absolute Gasteiger partial charge is 0.161 e. The number of ether oxygens (including phenoxy) is 4. The molecule has 1 atom stereocenters. The van der Waals surface area contributed by atoms with Crippen LogP contribution in [0.5, 0.6) is 23.0 Å². The van der Waals surface area contributed by atoms with Gasteiger partial charge in [-0.25, -0.2) is 0 Å². The first-order chi connectivity index (χ1) is 15.0. The molecule has 2 N–H and O–H groups in total. The van der Waals surface area contributed by atoms with Crippen LogP contribution < -0.4 is 24.3 Å². The number of aliphatic hydroxyl groups excluding tert-OH is 1. The number of hydrogen-bond donors (Lipinski definition) is 2. The highest BCUT2D eigenvalue weighted by Crippen LogP contribution is 2.31. The quantitative estimate of drug-likeness (QED) is 0.367. The van der Waals surface area contributed by atoms with E-state index in [9.17, 15) is 5.11 Å². The van der Waals surface area contributed by atoms with Gasteiger partial charge in [-0.3, -0.25) is 0 Å². The standard InChI is InChI=1S/C24H30N2O5.ClH/c1-17(9-11-25)19-6-8-22(24(14-19)30-4)31-16-20(27)15-26-12-10-18-5-7-21(28-2)23(13-18)29-3;/h5-9,13-14,20,26-27H,10,12,15-16H2,1-4H3;1H/b17-9-;. The molecule has 0 saturated carbocycles. The van der Waals surface area contributed by atoms with Crippen molar-refractivity contribution in [3.63, 3.8) is 0 Å². The molecule has 0 aliphatic carbocycles. The van der Waals surface area contributed by atoms with E-state index in [1.54, 1.807) is 27.4 Å². The average molecular weight is 463 g/mol. The molecule has 0 aliphatic heterocycles. The van der Waals surface area contributed by atoms with Crippen LogP contribution in [0, 0.1) is 11.3 Å². The van der Waals surface area contributed by atoms with Crippen LogP contribution in [0.2, 0.25) is 0 Å². The Bertz CT molecular complexity index is 927. The number of nitrogens with one attached hydrogen (secondary N) is 1. The minimum Gasteiger partial charge on any atom is -0.493 e. The summed E-state index contributed by atoms with van der Waals surface area (Å²) in [6, 6.07) is 13.3. The van der Waals surface area contributed by atoms with Gasteiger partial charge in [-0.15, -0.1) is 12.4 Å². The lowest BCUT2D eigenvalue weighted by molar-refractivity contribution is 0.105. The van der Waals surface area contributed by atoms with Gasteiger partial charge in [-0.1, -0.05) is 12.1 Å². The van der Waals surface area contributed by atoms with Crippen molar-refractivity contribution < 1.29 is 24.1 Å². The third-order valence-corrected chi connectivity index (χ3v) is 4.75. The molecular weight excluding hydrogens is 432 g/mol. The van der Waals surface area contributed by atoms with Crippen LogP contribution >= 0.6 is 12.4 Å². The SMILES string of the molecule is COc1ccc(CCNCC(O)COc2ccc(/C(C)=C\C#N)cc2OC)cc1OC.Cl. The molecule has 0 heterocycles. The zero-order valence-corrected chi connectivity index (χ0v) is 19.7. The number of methoxy groups -OCH3 is 3. The predicted molar refractivity (Wildman–Crippen MR) is 127 cm³/mol. The molecule has 0 amide bonds. The van der Waals surface area contributed by atoms with Gasteiger partial charge in [0.1, 0.15) is 12.7 Å². The number of halogens is 1. The van der Waals surface area contributed by atoms with Crippen LogP contribution in [0.3, 0.4) is 0 Å². The zero-order chi connectivity index (χ0) is 22.6. The Morgan fingerprint density at radius 1 is 1.03 bits per heavy atom. The Balaban J connectivity index is 0.00000512. The van der Waals surface area contributed by atoms with Gasteiger partial charge in [-0.05, 0) is 60.9 Å². The number of nitriles is 1. The third kappa shape index (κ3) is 7.97. The predicted octanol–water partition coefficient (Wildman–Crippen LogP) is 3.63.